The highest BCUT2D eigenvalue weighted by atomic mass is 16.7. The smallest absolute Gasteiger partial charge is 0.328 e. The van der Waals surface area contributed by atoms with E-state index in [1.54, 1.807) is 0 Å². The van der Waals surface area contributed by atoms with Crippen molar-refractivity contribution in [3.8, 4) is 0 Å². The van der Waals surface area contributed by atoms with Crippen LogP contribution in [0.15, 0.2) is 12.7 Å². The van der Waals surface area contributed by atoms with Crippen LogP contribution in [-0.2, 0) is 5.11 Å². The van der Waals surface area contributed by atoms with Gasteiger partial charge in [-0.1, -0.05) is 6.58 Å². The molecule has 0 saturated heterocycles. The molecule has 0 aromatic rings. The van der Waals surface area contributed by atoms with Crippen LogP contribution < -0.4 is 0 Å². The molecule has 0 aromatic carbocycles. The third kappa shape index (κ3) is 3.62. The predicted octanol–water partition coefficient (Wildman–Crippen LogP) is -0.759. The quantitative estimate of drug-likeness (QED) is 0.327. The average Bonchev–Trinajstić information content (AvgIpc) is 1.35. The van der Waals surface area contributed by atoms with Gasteiger partial charge in [-0.2, -0.15) is 5.11 Å². The van der Waals surface area contributed by atoms with Gasteiger partial charge in [-0.05, 0) is 6.08 Å². The van der Waals surface area contributed by atoms with Crippen LogP contribution in [0, 0.1) is 0 Å². The van der Waals surface area contributed by atoms with Gasteiger partial charge in [0.05, 0.1) is 0 Å². The maximum Gasteiger partial charge on any atom is 0.328 e. The molecule has 35 valence electrons. The predicted molar refractivity (Wildman–Crippen MR) is 18.1 cm³/mol. The molecule has 0 aliphatic heterocycles. The van der Waals surface area contributed by atoms with Gasteiger partial charge < -0.3 is 10.2 Å². The molecule has 0 fully saturated rings. The summed E-state index contributed by atoms with van der Waals surface area (Å²) in [6.45, 7) is 2.82. The standard InChI is InChI=1S/C3H5O3/c1-2-3(4,5)6/h2,4-5H,1H2. The number of rotatable bonds is 1. The highest BCUT2D eigenvalue weighted by Gasteiger charge is 2.11. The van der Waals surface area contributed by atoms with Crippen molar-refractivity contribution in [2.45, 2.75) is 5.97 Å². The highest BCUT2D eigenvalue weighted by molar-refractivity contribution is 4.73. The molecule has 6 heavy (non-hydrogen) atoms. The van der Waals surface area contributed by atoms with Crippen molar-refractivity contribution in [2.75, 3.05) is 0 Å². The zero-order valence-electron chi connectivity index (χ0n) is 3.09. The summed E-state index contributed by atoms with van der Waals surface area (Å²) in [6, 6.07) is 0. The lowest BCUT2D eigenvalue weighted by molar-refractivity contribution is -0.308. The number of hydrogen-bond acceptors (Lipinski definition) is 2. The summed E-state index contributed by atoms with van der Waals surface area (Å²) in [5.41, 5.74) is 0. The minimum absolute atomic E-state index is 0.493. The molecule has 0 spiro atoms. The third-order valence-corrected chi connectivity index (χ3v) is 0.266. The second-order valence-corrected chi connectivity index (χ2v) is 0.863. The van der Waals surface area contributed by atoms with E-state index in [1.165, 1.54) is 0 Å². The van der Waals surface area contributed by atoms with Gasteiger partial charge in [0.15, 0.2) is 0 Å². The fourth-order valence-electron chi connectivity index (χ4n) is 0. The van der Waals surface area contributed by atoms with Crippen LogP contribution in [0.2, 0.25) is 0 Å². The minimum Gasteiger partial charge on any atom is -0.338 e. The summed E-state index contributed by atoms with van der Waals surface area (Å²) in [5, 5.41) is 24.9. The Morgan fingerprint density at radius 3 is 1.83 bits per heavy atom. The summed E-state index contributed by atoms with van der Waals surface area (Å²) in [4.78, 5) is 0. The van der Waals surface area contributed by atoms with Crippen molar-refractivity contribution >= 4 is 0 Å². The monoisotopic (exact) mass is 89.0 g/mol. The van der Waals surface area contributed by atoms with E-state index in [4.69, 9.17) is 10.2 Å². The fraction of sp³-hybridized carbons (Fsp3) is 0.333. The highest BCUT2D eigenvalue weighted by Crippen LogP contribution is 1.90. The molecule has 0 unspecified atom stereocenters. The Morgan fingerprint density at radius 2 is 1.83 bits per heavy atom. The van der Waals surface area contributed by atoms with E-state index < -0.39 is 5.97 Å². The topological polar surface area (TPSA) is 60.4 Å². The van der Waals surface area contributed by atoms with Gasteiger partial charge in [0.2, 0.25) is 0 Å². The van der Waals surface area contributed by atoms with Crippen LogP contribution in [0.1, 0.15) is 0 Å². The van der Waals surface area contributed by atoms with Gasteiger partial charge in [-0.3, -0.25) is 0 Å². The van der Waals surface area contributed by atoms with Crippen LogP contribution in [0.5, 0.6) is 0 Å². The Hall–Kier alpha value is -0.380. The summed E-state index contributed by atoms with van der Waals surface area (Å²) in [7, 11) is 0. The molecule has 0 aromatic heterocycles. The van der Waals surface area contributed by atoms with E-state index in [0.29, 0.717) is 6.08 Å². The molecule has 3 heteroatoms. The largest absolute Gasteiger partial charge is 0.338 e. The van der Waals surface area contributed by atoms with E-state index in [1.807, 2.05) is 0 Å². The van der Waals surface area contributed by atoms with E-state index in [0.717, 1.165) is 0 Å². The first kappa shape index (κ1) is 5.62. The molecular formula is C3H5O3. The molecule has 0 rings (SSSR count). The van der Waals surface area contributed by atoms with Crippen LogP contribution >= 0.6 is 0 Å². The van der Waals surface area contributed by atoms with Crippen molar-refractivity contribution in [1.29, 1.82) is 0 Å². The molecule has 0 bridgehead atoms. The average molecular weight is 89.1 g/mol. The first-order chi connectivity index (χ1) is 2.56. The molecule has 2 N–H and O–H groups in total. The van der Waals surface area contributed by atoms with Crippen molar-refractivity contribution < 1.29 is 15.3 Å². The van der Waals surface area contributed by atoms with Gasteiger partial charge in [-0.25, -0.2) is 0 Å². The van der Waals surface area contributed by atoms with Gasteiger partial charge in [0, 0.05) is 0 Å². The Bertz CT molecular complexity index is 51.5. The molecule has 0 amide bonds. The molecular weight excluding hydrogens is 84.0 g/mol. The number of aliphatic hydroxyl groups is 2. The maximum absolute atomic E-state index is 9.47. The zero-order valence-corrected chi connectivity index (χ0v) is 3.09. The lowest BCUT2D eigenvalue weighted by atomic mass is 10.6. The molecule has 1 radical (unpaired) electrons. The second kappa shape index (κ2) is 1.38. The lowest BCUT2D eigenvalue weighted by Gasteiger charge is -2.00. The minimum atomic E-state index is -2.94. The lowest BCUT2D eigenvalue weighted by Crippen LogP contribution is -2.20. The van der Waals surface area contributed by atoms with Gasteiger partial charge >= 0.3 is 5.97 Å². The Kier molecular flexibility index (Phi) is 1.29. The van der Waals surface area contributed by atoms with Gasteiger partial charge in [0.25, 0.3) is 0 Å². The normalized spacial score (nSPS) is 11.2. The van der Waals surface area contributed by atoms with Crippen LogP contribution in [-0.4, -0.2) is 16.2 Å². The van der Waals surface area contributed by atoms with Crippen LogP contribution in [0.4, 0.5) is 0 Å². The molecule has 0 saturated carbocycles. The van der Waals surface area contributed by atoms with Crippen molar-refractivity contribution in [1.82, 2.24) is 0 Å². The Labute approximate surface area is 35.2 Å². The van der Waals surface area contributed by atoms with Gasteiger partial charge in [-0.15, -0.1) is 0 Å². The SMILES string of the molecule is C=CC([O])(O)O. The third-order valence-electron chi connectivity index (χ3n) is 0.266. The molecule has 3 nitrogen and oxygen atoms in total. The second-order valence-electron chi connectivity index (χ2n) is 0.863. The molecule has 0 aliphatic rings. The van der Waals surface area contributed by atoms with Crippen molar-refractivity contribution in [2.24, 2.45) is 0 Å². The van der Waals surface area contributed by atoms with Crippen molar-refractivity contribution in [3.05, 3.63) is 12.7 Å². The van der Waals surface area contributed by atoms with E-state index in [9.17, 15) is 5.11 Å². The molecule has 0 aliphatic carbocycles. The molecule has 0 heterocycles. The van der Waals surface area contributed by atoms with Crippen molar-refractivity contribution in [3.63, 3.8) is 0 Å². The Balaban J connectivity index is 3.45. The fourth-order valence-corrected chi connectivity index (χ4v) is 0. The van der Waals surface area contributed by atoms with Crippen LogP contribution in [0.25, 0.3) is 0 Å². The summed E-state index contributed by atoms with van der Waals surface area (Å²) < 4.78 is 0. The first-order valence-electron chi connectivity index (χ1n) is 1.35. The van der Waals surface area contributed by atoms with Gasteiger partial charge in [0.1, 0.15) is 0 Å². The Morgan fingerprint density at radius 1 is 1.67 bits per heavy atom. The first-order valence-corrected chi connectivity index (χ1v) is 1.35. The summed E-state index contributed by atoms with van der Waals surface area (Å²) >= 11 is 0. The molecule has 0 atom stereocenters. The zero-order chi connectivity index (χ0) is 5.21. The van der Waals surface area contributed by atoms with E-state index in [2.05, 4.69) is 6.58 Å². The summed E-state index contributed by atoms with van der Waals surface area (Å²) in [6.07, 6.45) is 0.493. The number of hydrogen-bond donors (Lipinski definition) is 2. The van der Waals surface area contributed by atoms with Crippen LogP contribution in [0.3, 0.4) is 0 Å². The maximum atomic E-state index is 9.47. The summed E-state index contributed by atoms with van der Waals surface area (Å²) in [5.74, 6) is -2.94. The van der Waals surface area contributed by atoms with E-state index in [-0.39, 0.29) is 0 Å². The van der Waals surface area contributed by atoms with E-state index >= 15 is 0 Å².